The third kappa shape index (κ3) is 5.55. The van der Waals surface area contributed by atoms with E-state index in [0.717, 1.165) is 11.3 Å². The van der Waals surface area contributed by atoms with Gasteiger partial charge in [-0.2, -0.15) is 0 Å². The number of aryl methyl sites for hydroxylation is 2. The topological polar surface area (TPSA) is 71.1 Å². The molecule has 0 saturated heterocycles. The van der Waals surface area contributed by atoms with Crippen LogP contribution in [-0.4, -0.2) is 16.8 Å². The second kappa shape index (κ2) is 9.19. The van der Waals surface area contributed by atoms with Crippen LogP contribution in [0.25, 0.3) is 0 Å². The zero-order chi connectivity index (χ0) is 20.1. The molecule has 5 nitrogen and oxygen atoms in total. The van der Waals surface area contributed by atoms with E-state index < -0.39 is 0 Å². The standard InChI is InChI=1S/C20H17Cl2N3O2S/c1-12-2-5-15(22)10-17(12)24-18(26)9-8-16-11-28-20(23-16)25-19(27)13-3-6-14(21)7-4-13/h2-7,10-11H,8-9H2,1H3,(H,24,26)(H,23,25,27). The molecule has 1 heterocycles. The minimum Gasteiger partial charge on any atom is -0.326 e. The Morgan fingerprint density at radius 2 is 1.75 bits per heavy atom. The van der Waals surface area contributed by atoms with E-state index in [1.54, 1.807) is 36.4 Å². The highest BCUT2D eigenvalue weighted by molar-refractivity contribution is 7.14. The molecule has 2 amide bonds. The molecule has 0 saturated carbocycles. The molecule has 2 aromatic carbocycles. The number of halogens is 2. The number of carbonyl (C=O) groups is 2. The minimum absolute atomic E-state index is 0.120. The van der Waals surface area contributed by atoms with Crippen molar-refractivity contribution in [3.63, 3.8) is 0 Å². The summed E-state index contributed by atoms with van der Waals surface area (Å²) in [5.41, 5.74) is 2.89. The molecule has 0 aliphatic rings. The van der Waals surface area contributed by atoms with Crippen LogP contribution in [0.4, 0.5) is 10.8 Å². The largest absolute Gasteiger partial charge is 0.326 e. The van der Waals surface area contributed by atoms with Gasteiger partial charge in [0.2, 0.25) is 5.91 Å². The van der Waals surface area contributed by atoms with E-state index in [9.17, 15) is 9.59 Å². The van der Waals surface area contributed by atoms with Crippen LogP contribution < -0.4 is 10.6 Å². The average molecular weight is 434 g/mol. The van der Waals surface area contributed by atoms with Gasteiger partial charge in [-0.25, -0.2) is 4.98 Å². The van der Waals surface area contributed by atoms with E-state index in [0.29, 0.717) is 32.8 Å². The number of hydrogen-bond donors (Lipinski definition) is 2. The van der Waals surface area contributed by atoms with Gasteiger partial charge in [0.05, 0.1) is 5.69 Å². The van der Waals surface area contributed by atoms with E-state index in [-0.39, 0.29) is 18.2 Å². The molecule has 0 atom stereocenters. The molecule has 28 heavy (non-hydrogen) atoms. The molecule has 0 aliphatic carbocycles. The lowest BCUT2D eigenvalue weighted by atomic mass is 10.2. The van der Waals surface area contributed by atoms with Crippen molar-refractivity contribution in [3.8, 4) is 0 Å². The van der Waals surface area contributed by atoms with E-state index in [1.165, 1.54) is 11.3 Å². The lowest BCUT2D eigenvalue weighted by molar-refractivity contribution is -0.116. The molecule has 0 bridgehead atoms. The number of aromatic nitrogens is 1. The number of hydrogen-bond acceptors (Lipinski definition) is 4. The fourth-order valence-corrected chi connectivity index (χ4v) is 3.47. The maximum absolute atomic E-state index is 12.2. The van der Waals surface area contributed by atoms with Crippen molar-refractivity contribution in [1.29, 1.82) is 0 Å². The lowest BCUT2D eigenvalue weighted by Gasteiger charge is -2.08. The first kappa shape index (κ1) is 20.3. The minimum atomic E-state index is -0.258. The Labute approximate surface area is 176 Å². The predicted octanol–water partition coefficient (Wildman–Crippen LogP) is 5.58. The normalized spacial score (nSPS) is 10.5. The molecule has 0 unspecified atom stereocenters. The molecular formula is C20H17Cl2N3O2S. The van der Waals surface area contributed by atoms with E-state index in [4.69, 9.17) is 23.2 Å². The Morgan fingerprint density at radius 1 is 1.04 bits per heavy atom. The van der Waals surface area contributed by atoms with E-state index in [1.807, 2.05) is 18.4 Å². The Bertz CT molecular complexity index is 1000. The van der Waals surface area contributed by atoms with Crippen LogP contribution in [0.15, 0.2) is 47.8 Å². The molecule has 3 aromatic rings. The van der Waals surface area contributed by atoms with Gasteiger partial charge < -0.3 is 5.32 Å². The Kier molecular flexibility index (Phi) is 6.67. The summed E-state index contributed by atoms with van der Waals surface area (Å²) < 4.78 is 0. The van der Waals surface area contributed by atoms with E-state index in [2.05, 4.69) is 15.6 Å². The van der Waals surface area contributed by atoms with Gasteiger partial charge in [-0.15, -0.1) is 11.3 Å². The van der Waals surface area contributed by atoms with Gasteiger partial charge in [-0.3, -0.25) is 14.9 Å². The highest BCUT2D eigenvalue weighted by Crippen LogP contribution is 2.21. The van der Waals surface area contributed by atoms with Crippen LogP contribution in [0.1, 0.15) is 28.0 Å². The van der Waals surface area contributed by atoms with Gasteiger partial charge in [0.1, 0.15) is 0 Å². The Morgan fingerprint density at radius 3 is 2.50 bits per heavy atom. The predicted molar refractivity (Wildman–Crippen MR) is 115 cm³/mol. The molecule has 0 fully saturated rings. The van der Waals surface area contributed by atoms with Crippen molar-refractivity contribution in [2.45, 2.75) is 19.8 Å². The van der Waals surface area contributed by atoms with Crippen LogP contribution in [0.2, 0.25) is 10.0 Å². The molecule has 3 rings (SSSR count). The smallest absolute Gasteiger partial charge is 0.257 e. The SMILES string of the molecule is Cc1ccc(Cl)cc1NC(=O)CCc1csc(NC(=O)c2ccc(Cl)cc2)n1. The third-order valence-corrected chi connectivity index (χ3v) is 5.25. The van der Waals surface area contributed by atoms with E-state index >= 15 is 0 Å². The monoisotopic (exact) mass is 433 g/mol. The molecule has 0 spiro atoms. The zero-order valence-corrected chi connectivity index (χ0v) is 17.3. The fourth-order valence-electron chi connectivity index (χ4n) is 2.43. The summed E-state index contributed by atoms with van der Waals surface area (Å²) in [7, 11) is 0. The highest BCUT2D eigenvalue weighted by Gasteiger charge is 2.11. The summed E-state index contributed by atoms with van der Waals surface area (Å²) in [4.78, 5) is 28.8. The lowest BCUT2D eigenvalue weighted by Crippen LogP contribution is -2.13. The van der Waals surface area contributed by atoms with Crippen LogP contribution in [-0.2, 0) is 11.2 Å². The van der Waals surface area contributed by atoms with Crippen molar-refractivity contribution in [1.82, 2.24) is 4.98 Å². The molecular weight excluding hydrogens is 417 g/mol. The first-order valence-electron chi connectivity index (χ1n) is 8.48. The molecule has 0 aliphatic heterocycles. The molecule has 0 radical (unpaired) electrons. The average Bonchev–Trinajstić information content (AvgIpc) is 3.11. The highest BCUT2D eigenvalue weighted by atomic mass is 35.5. The first-order chi connectivity index (χ1) is 13.4. The second-order valence-electron chi connectivity index (χ2n) is 6.11. The van der Waals surface area contributed by atoms with Crippen molar-refractivity contribution in [3.05, 3.63) is 74.7 Å². The fraction of sp³-hybridized carbons (Fsp3) is 0.150. The molecule has 2 N–H and O–H groups in total. The summed E-state index contributed by atoms with van der Waals surface area (Å²) in [6.07, 6.45) is 0.749. The van der Waals surface area contributed by atoms with Crippen molar-refractivity contribution in [2.75, 3.05) is 10.6 Å². The van der Waals surface area contributed by atoms with Crippen LogP contribution in [0, 0.1) is 6.92 Å². The summed E-state index contributed by atoms with van der Waals surface area (Å²) in [6.45, 7) is 1.90. The number of anilines is 2. The molecule has 1 aromatic heterocycles. The quantitative estimate of drug-likeness (QED) is 0.532. The molecule has 144 valence electrons. The zero-order valence-electron chi connectivity index (χ0n) is 15.0. The van der Waals surface area contributed by atoms with Crippen LogP contribution in [0.5, 0.6) is 0 Å². The van der Waals surface area contributed by atoms with Crippen LogP contribution >= 0.6 is 34.5 Å². The number of benzene rings is 2. The van der Waals surface area contributed by atoms with Crippen LogP contribution in [0.3, 0.4) is 0 Å². The van der Waals surface area contributed by atoms with Crippen molar-refractivity contribution < 1.29 is 9.59 Å². The summed E-state index contributed by atoms with van der Waals surface area (Å²) in [6, 6.07) is 12.0. The maximum Gasteiger partial charge on any atom is 0.257 e. The summed E-state index contributed by atoms with van der Waals surface area (Å²) in [5.74, 6) is -0.378. The van der Waals surface area contributed by atoms with Crippen molar-refractivity contribution >= 4 is 57.2 Å². The first-order valence-corrected chi connectivity index (χ1v) is 10.1. The van der Waals surface area contributed by atoms with Gasteiger partial charge in [-0.1, -0.05) is 29.3 Å². The van der Waals surface area contributed by atoms with Gasteiger partial charge in [0, 0.05) is 33.1 Å². The number of amides is 2. The number of nitrogens with one attached hydrogen (secondary N) is 2. The van der Waals surface area contributed by atoms with Gasteiger partial charge in [-0.05, 0) is 55.3 Å². The number of carbonyl (C=O) groups excluding carboxylic acids is 2. The summed E-state index contributed by atoms with van der Waals surface area (Å²) >= 11 is 13.1. The van der Waals surface area contributed by atoms with Crippen molar-refractivity contribution in [2.24, 2.45) is 0 Å². The Balaban J connectivity index is 1.53. The molecule has 8 heteroatoms. The van der Waals surface area contributed by atoms with Gasteiger partial charge in [0.25, 0.3) is 5.91 Å². The summed E-state index contributed by atoms with van der Waals surface area (Å²) in [5, 5.41) is 9.06. The second-order valence-corrected chi connectivity index (χ2v) is 7.84. The van der Waals surface area contributed by atoms with Gasteiger partial charge in [0.15, 0.2) is 5.13 Å². The Hall–Kier alpha value is -2.41. The number of nitrogens with zero attached hydrogens (tertiary/aromatic N) is 1. The number of thiazole rings is 1. The maximum atomic E-state index is 12.2. The number of rotatable bonds is 6. The van der Waals surface area contributed by atoms with Gasteiger partial charge >= 0.3 is 0 Å². The third-order valence-electron chi connectivity index (χ3n) is 3.96.